The number of hydrogen-bond acceptors (Lipinski definition) is 3. The van der Waals surface area contributed by atoms with Gasteiger partial charge >= 0.3 is 0 Å². The molecule has 0 saturated carbocycles. The maximum atomic E-state index is 12.2. The van der Waals surface area contributed by atoms with E-state index in [2.05, 4.69) is 0 Å². The van der Waals surface area contributed by atoms with Crippen LogP contribution in [-0.4, -0.2) is 36.6 Å². The van der Waals surface area contributed by atoms with Crippen LogP contribution in [-0.2, 0) is 11.2 Å². The van der Waals surface area contributed by atoms with Crippen LogP contribution in [0.15, 0.2) is 48.5 Å². The molecule has 0 aromatic heterocycles. The third-order valence-electron chi connectivity index (χ3n) is 4.12. The molecule has 134 valence electrons. The zero-order valence-electron chi connectivity index (χ0n) is 14.6. The first-order chi connectivity index (χ1) is 12.0. The number of ether oxygens (including phenoxy) is 1. The molecule has 1 N–H and O–H groups in total. The second-order valence-corrected chi connectivity index (χ2v) is 6.48. The third kappa shape index (κ3) is 6.07. The molecule has 4 nitrogen and oxygen atoms in total. The lowest BCUT2D eigenvalue weighted by atomic mass is 10.1. The van der Waals surface area contributed by atoms with E-state index in [-0.39, 0.29) is 12.5 Å². The highest BCUT2D eigenvalue weighted by Crippen LogP contribution is 2.20. The molecule has 0 saturated heterocycles. The van der Waals surface area contributed by atoms with Crippen molar-refractivity contribution >= 4 is 17.5 Å². The number of aryl methyl sites for hydroxylation is 1. The van der Waals surface area contributed by atoms with Gasteiger partial charge in [-0.1, -0.05) is 35.9 Å². The molecule has 1 amide bonds. The molecule has 0 aliphatic heterocycles. The minimum atomic E-state index is -0.736. The molecule has 0 aliphatic rings. The van der Waals surface area contributed by atoms with Gasteiger partial charge in [-0.05, 0) is 48.2 Å². The van der Waals surface area contributed by atoms with Gasteiger partial charge in [0.15, 0.2) is 0 Å². The Morgan fingerprint density at radius 1 is 1.24 bits per heavy atom. The zero-order valence-corrected chi connectivity index (χ0v) is 15.4. The SMILES string of the molecule is COc1cccc(C(O)CN(C)C(=O)CCCc2ccc(Cl)cc2)c1. The summed E-state index contributed by atoms with van der Waals surface area (Å²) in [5, 5.41) is 11.0. The first kappa shape index (κ1) is 19.3. The lowest BCUT2D eigenvalue weighted by Crippen LogP contribution is -2.31. The smallest absolute Gasteiger partial charge is 0.222 e. The number of nitrogens with zero attached hydrogens (tertiary/aromatic N) is 1. The molecule has 2 aromatic rings. The summed E-state index contributed by atoms with van der Waals surface area (Å²) < 4.78 is 5.16. The van der Waals surface area contributed by atoms with Crippen LogP contribution >= 0.6 is 11.6 Å². The fourth-order valence-electron chi connectivity index (χ4n) is 2.60. The third-order valence-corrected chi connectivity index (χ3v) is 4.37. The molecule has 0 spiro atoms. The van der Waals surface area contributed by atoms with Crippen molar-refractivity contribution < 1.29 is 14.6 Å². The molecule has 1 atom stereocenters. The Labute approximate surface area is 154 Å². The quantitative estimate of drug-likeness (QED) is 0.776. The average Bonchev–Trinajstić information content (AvgIpc) is 2.63. The second-order valence-electron chi connectivity index (χ2n) is 6.05. The van der Waals surface area contributed by atoms with Crippen LogP contribution in [0.1, 0.15) is 30.1 Å². The van der Waals surface area contributed by atoms with E-state index in [0.717, 1.165) is 24.0 Å². The van der Waals surface area contributed by atoms with Crippen LogP contribution in [0, 0.1) is 0 Å². The van der Waals surface area contributed by atoms with E-state index in [0.29, 0.717) is 17.2 Å². The highest BCUT2D eigenvalue weighted by molar-refractivity contribution is 6.30. The number of halogens is 1. The summed E-state index contributed by atoms with van der Waals surface area (Å²) in [6.07, 6.45) is 1.31. The fraction of sp³-hybridized carbons (Fsp3) is 0.350. The summed E-state index contributed by atoms with van der Waals surface area (Å²) in [6, 6.07) is 14.9. The maximum absolute atomic E-state index is 12.2. The standard InChI is InChI=1S/C20H24ClNO3/c1-22(14-19(23)16-6-4-7-18(13-16)25-2)20(24)8-3-5-15-9-11-17(21)12-10-15/h4,6-7,9-13,19,23H,3,5,8,14H2,1-2H3. The predicted octanol–water partition coefficient (Wildman–Crippen LogP) is 3.86. The Morgan fingerprint density at radius 3 is 2.64 bits per heavy atom. The number of carbonyl (C=O) groups excluding carboxylic acids is 1. The first-order valence-electron chi connectivity index (χ1n) is 8.30. The van der Waals surface area contributed by atoms with Crippen molar-refractivity contribution in [2.45, 2.75) is 25.4 Å². The minimum Gasteiger partial charge on any atom is -0.497 e. The van der Waals surface area contributed by atoms with Gasteiger partial charge < -0.3 is 14.7 Å². The molecule has 0 bridgehead atoms. The fourth-order valence-corrected chi connectivity index (χ4v) is 2.73. The number of rotatable bonds is 8. The monoisotopic (exact) mass is 361 g/mol. The molecule has 2 rings (SSSR count). The van der Waals surface area contributed by atoms with Gasteiger partial charge in [-0.2, -0.15) is 0 Å². The summed E-state index contributed by atoms with van der Waals surface area (Å²) in [7, 11) is 3.30. The van der Waals surface area contributed by atoms with Crippen molar-refractivity contribution in [3.8, 4) is 5.75 Å². The normalized spacial score (nSPS) is 11.8. The van der Waals surface area contributed by atoms with E-state index in [9.17, 15) is 9.90 Å². The molecule has 5 heteroatoms. The summed E-state index contributed by atoms with van der Waals surface area (Å²) in [6.45, 7) is 0.257. The lowest BCUT2D eigenvalue weighted by Gasteiger charge is -2.21. The zero-order chi connectivity index (χ0) is 18.2. The van der Waals surface area contributed by atoms with Gasteiger partial charge in [0, 0.05) is 18.5 Å². The Hall–Kier alpha value is -2.04. The highest BCUT2D eigenvalue weighted by Gasteiger charge is 2.15. The Balaban J connectivity index is 1.79. The van der Waals surface area contributed by atoms with Crippen LogP contribution in [0.4, 0.5) is 0 Å². The molecule has 0 radical (unpaired) electrons. The van der Waals surface area contributed by atoms with Crippen molar-refractivity contribution in [3.63, 3.8) is 0 Å². The Bertz CT molecular complexity index is 688. The van der Waals surface area contributed by atoms with Crippen LogP contribution in [0.2, 0.25) is 5.02 Å². The van der Waals surface area contributed by atoms with Crippen molar-refractivity contribution in [2.24, 2.45) is 0 Å². The van der Waals surface area contributed by atoms with Gasteiger partial charge in [-0.3, -0.25) is 4.79 Å². The summed E-state index contributed by atoms with van der Waals surface area (Å²) >= 11 is 5.86. The average molecular weight is 362 g/mol. The molecular formula is C20H24ClNO3. The van der Waals surface area contributed by atoms with Gasteiger partial charge in [0.05, 0.1) is 19.8 Å². The number of aliphatic hydroxyl groups is 1. The van der Waals surface area contributed by atoms with E-state index in [1.807, 2.05) is 42.5 Å². The molecule has 0 aliphatic carbocycles. The largest absolute Gasteiger partial charge is 0.497 e. The molecule has 1 unspecified atom stereocenters. The van der Waals surface area contributed by atoms with E-state index < -0.39 is 6.10 Å². The van der Waals surface area contributed by atoms with E-state index in [4.69, 9.17) is 16.3 Å². The molecule has 0 fully saturated rings. The van der Waals surface area contributed by atoms with Crippen LogP contribution < -0.4 is 4.74 Å². The van der Waals surface area contributed by atoms with Crippen molar-refractivity contribution in [3.05, 3.63) is 64.7 Å². The summed E-state index contributed by atoms with van der Waals surface area (Å²) in [5.74, 6) is 0.712. The topological polar surface area (TPSA) is 49.8 Å². The predicted molar refractivity (Wildman–Crippen MR) is 100.0 cm³/mol. The first-order valence-corrected chi connectivity index (χ1v) is 8.68. The summed E-state index contributed by atoms with van der Waals surface area (Å²) in [5.41, 5.74) is 1.90. The van der Waals surface area contributed by atoms with Gasteiger partial charge in [0.25, 0.3) is 0 Å². The van der Waals surface area contributed by atoms with Crippen LogP contribution in [0.5, 0.6) is 5.75 Å². The lowest BCUT2D eigenvalue weighted by molar-refractivity contribution is -0.131. The number of likely N-dealkylation sites (N-methyl/N-ethyl adjacent to an activating group) is 1. The van der Waals surface area contributed by atoms with Crippen molar-refractivity contribution in [1.82, 2.24) is 4.90 Å². The Morgan fingerprint density at radius 2 is 1.96 bits per heavy atom. The van der Waals surface area contributed by atoms with Crippen molar-refractivity contribution in [2.75, 3.05) is 20.7 Å². The number of hydrogen-bond donors (Lipinski definition) is 1. The van der Waals surface area contributed by atoms with Gasteiger partial charge in [0.1, 0.15) is 5.75 Å². The maximum Gasteiger partial charge on any atom is 0.222 e. The molecular weight excluding hydrogens is 338 g/mol. The second kappa shape index (κ2) is 9.44. The van der Waals surface area contributed by atoms with Crippen LogP contribution in [0.25, 0.3) is 0 Å². The summed E-state index contributed by atoms with van der Waals surface area (Å²) in [4.78, 5) is 13.8. The van der Waals surface area contributed by atoms with Gasteiger partial charge in [-0.15, -0.1) is 0 Å². The van der Waals surface area contributed by atoms with Gasteiger partial charge in [-0.25, -0.2) is 0 Å². The van der Waals surface area contributed by atoms with Crippen LogP contribution in [0.3, 0.4) is 0 Å². The van der Waals surface area contributed by atoms with Crippen molar-refractivity contribution in [1.29, 1.82) is 0 Å². The number of amides is 1. The molecule has 2 aromatic carbocycles. The van der Waals surface area contributed by atoms with E-state index in [1.165, 1.54) is 0 Å². The van der Waals surface area contributed by atoms with E-state index in [1.54, 1.807) is 25.1 Å². The number of methoxy groups -OCH3 is 1. The molecule has 25 heavy (non-hydrogen) atoms. The molecule has 0 heterocycles. The minimum absolute atomic E-state index is 0.0240. The number of aliphatic hydroxyl groups excluding tert-OH is 1. The Kier molecular flexibility index (Phi) is 7.29. The number of benzene rings is 2. The van der Waals surface area contributed by atoms with Gasteiger partial charge in [0.2, 0.25) is 5.91 Å². The highest BCUT2D eigenvalue weighted by atomic mass is 35.5. The van der Waals surface area contributed by atoms with E-state index >= 15 is 0 Å². The number of carbonyl (C=O) groups is 1.